The van der Waals surface area contributed by atoms with E-state index < -0.39 is 22.2 Å². The summed E-state index contributed by atoms with van der Waals surface area (Å²) in [5.74, 6) is -0.988. The van der Waals surface area contributed by atoms with Crippen molar-refractivity contribution in [3.05, 3.63) is 12.3 Å². The highest BCUT2D eigenvalue weighted by molar-refractivity contribution is 7.92. The Morgan fingerprint density at radius 3 is 2.82 bits per heavy atom. The van der Waals surface area contributed by atoms with Crippen molar-refractivity contribution >= 4 is 15.8 Å². The van der Waals surface area contributed by atoms with Gasteiger partial charge < -0.3 is 5.32 Å². The number of halogens is 2. The summed E-state index contributed by atoms with van der Waals surface area (Å²) in [5, 5.41) is 6.98. The summed E-state index contributed by atoms with van der Waals surface area (Å²) in [7, 11) is -4.03. The molecule has 9 heteroatoms. The lowest BCUT2D eigenvalue weighted by Crippen LogP contribution is -2.44. The van der Waals surface area contributed by atoms with Crippen molar-refractivity contribution in [2.75, 3.05) is 23.6 Å². The molecule has 2 rings (SSSR count). The average molecular weight is 266 g/mol. The van der Waals surface area contributed by atoms with Crippen molar-refractivity contribution in [3.8, 4) is 0 Å². The van der Waals surface area contributed by atoms with Crippen LogP contribution in [0.4, 0.5) is 14.6 Å². The molecule has 1 fully saturated rings. The molecule has 1 aliphatic heterocycles. The Labute approximate surface area is 97.0 Å². The smallest absolute Gasteiger partial charge is 0.254 e. The van der Waals surface area contributed by atoms with E-state index in [-0.39, 0.29) is 11.9 Å². The van der Waals surface area contributed by atoms with Crippen LogP contribution in [-0.2, 0) is 10.0 Å². The number of anilines is 1. The number of hydrogen-bond acceptors (Lipinski definition) is 4. The van der Waals surface area contributed by atoms with Crippen LogP contribution in [0.2, 0.25) is 0 Å². The zero-order valence-electron chi connectivity index (χ0n) is 8.81. The summed E-state index contributed by atoms with van der Waals surface area (Å²) in [5.41, 5.74) is 0. The number of alkyl halides is 2. The molecule has 1 aromatic rings. The van der Waals surface area contributed by atoms with Crippen molar-refractivity contribution in [2.45, 2.75) is 12.5 Å². The highest BCUT2D eigenvalue weighted by atomic mass is 32.2. The SMILES string of the molecule is O=S(=O)(CC(F)F)Nc1ccnn1C1CNC1. The third kappa shape index (κ3) is 2.91. The minimum Gasteiger partial charge on any atom is -0.312 e. The zero-order chi connectivity index (χ0) is 12.5. The quantitative estimate of drug-likeness (QED) is 0.788. The zero-order valence-corrected chi connectivity index (χ0v) is 9.62. The molecule has 0 atom stereocenters. The average Bonchev–Trinajstić information content (AvgIpc) is 2.46. The fraction of sp³-hybridized carbons (Fsp3) is 0.625. The van der Waals surface area contributed by atoms with Gasteiger partial charge >= 0.3 is 0 Å². The molecule has 0 radical (unpaired) electrons. The van der Waals surface area contributed by atoms with Gasteiger partial charge in [-0.15, -0.1) is 0 Å². The molecule has 0 spiro atoms. The molecule has 6 nitrogen and oxygen atoms in total. The topological polar surface area (TPSA) is 76.0 Å². The first-order valence-corrected chi connectivity index (χ1v) is 6.66. The fourth-order valence-corrected chi connectivity index (χ4v) is 2.39. The van der Waals surface area contributed by atoms with E-state index >= 15 is 0 Å². The molecule has 0 aliphatic carbocycles. The molecule has 0 amide bonds. The van der Waals surface area contributed by atoms with Crippen molar-refractivity contribution in [2.24, 2.45) is 0 Å². The number of nitrogens with zero attached hydrogens (tertiary/aromatic N) is 2. The van der Waals surface area contributed by atoms with Crippen LogP contribution < -0.4 is 10.0 Å². The van der Waals surface area contributed by atoms with E-state index in [2.05, 4.69) is 15.1 Å². The van der Waals surface area contributed by atoms with E-state index in [1.54, 1.807) is 0 Å². The Morgan fingerprint density at radius 2 is 2.29 bits per heavy atom. The second-order valence-electron chi connectivity index (χ2n) is 3.75. The second kappa shape index (κ2) is 4.57. The van der Waals surface area contributed by atoms with Gasteiger partial charge in [0.2, 0.25) is 10.0 Å². The molecular formula is C8H12F2N4O2S. The number of rotatable bonds is 5. The maximum Gasteiger partial charge on any atom is 0.254 e. The molecule has 1 aromatic heterocycles. The Hall–Kier alpha value is -1.22. The third-order valence-corrected chi connectivity index (χ3v) is 3.59. The monoisotopic (exact) mass is 266 g/mol. The first-order chi connectivity index (χ1) is 7.98. The number of aromatic nitrogens is 2. The Morgan fingerprint density at radius 1 is 1.59 bits per heavy atom. The van der Waals surface area contributed by atoms with Gasteiger partial charge in [-0.25, -0.2) is 21.9 Å². The lowest BCUT2D eigenvalue weighted by Gasteiger charge is -2.28. The summed E-state index contributed by atoms with van der Waals surface area (Å²) < 4.78 is 50.4. The van der Waals surface area contributed by atoms with E-state index in [0.29, 0.717) is 13.1 Å². The normalized spacial score (nSPS) is 17.1. The highest BCUT2D eigenvalue weighted by Gasteiger charge is 2.24. The summed E-state index contributed by atoms with van der Waals surface area (Å²) >= 11 is 0. The standard InChI is InChI=1S/C8H12F2N4O2S/c9-7(10)5-17(15,16)13-8-1-2-12-14(8)6-3-11-4-6/h1-2,6-7,11,13H,3-5H2. The van der Waals surface area contributed by atoms with Crippen molar-refractivity contribution in [1.29, 1.82) is 0 Å². The van der Waals surface area contributed by atoms with Crippen LogP contribution in [0.3, 0.4) is 0 Å². The highest BCUT2D eigenvalue weighted by Crippen LogP contribution is 2.18. The maximum atomic E-state index is 12.0. The van der Waals surface area contributed by atoms with Gasteiger partial charge in [-0.05, 0) is 0 Å². The van der Waals surface area contributed by atoms with E-state index in [1.807, 2.05) is 0 Å². The molecule has 17 heavy (non-hydrogen) atoms. The van der Waals surface area contributed by atoms with Crippen molar-refractivity contribution in [3.63, 3.8) is 0 Å². The summed E-state index contributed by atoms with van der Waals surface area (Å²) in [6, 6.07) is 1.51. The predicted octanol–water partition coefficient (Wildman–Crippen LogP) is 0.0342. The molecule has 0 unspecified atom stereocenters. The molecule has 0 saturated carbocycles. The lowest BCUT2D eigenvalue weighted by atomic mass is 10.2. The minimum absolute atomic E-state index is 0.0641. The van der Waals surface area contributed by atoms with Crippen molar-refractivity contribution < 1.29 is 17.2 Å². The Kier molecular flexibility index (Phi) is 3.29. The van der Waals surface area contributed by atoms with Gasteiger partial charge in [0.1, 0.15) is 11.6 Å². The van der Waals surface area contributed by atoms with Crippen molar-refractivity contribution in [1.82, 2.24) is 15.1 Å². The minimum atomic E-state index is -4.03. The Bertz CT molecular complexity index is 483. The van der Waals surface area contributed by atoms with E-state index in [4.69, 9.17) is 0 Å². The molecular weight excluding hydrogens is 254 g/mol. The summed E-state index contributed by atoms with van der Waals surface area (Å²) in [6.45, 7) is 1.37. The molecule has 0 aromatic carbocycles. The van der Waals surface area contributed by atoms with Crippen LogP contribution in [0.1, 0.15) is 6.04 Å². The van der Waals surface area contributed by atoms with Gasteiger partial charge in [0.25, 0.3) is 6.43 Å². The largest absolute Gasteiger partial charge is 0.312 e. The van der Waals surface area contributed by atoms with Gasteiger partial charge in [0.15, 0.2) is 0 Å². The molecule has 0 bridgehead atoms. The first kappa shape index (κ1) is 12.2. The van der Waals surface area contributed by atoms with E-state index in [9.17, 15) is 17.2 Å². The molecule has 96 valence electrons. The van der Waals surface area contributed by atoms with E-state index in [0.717, 1.165) is 0 Å². The van der Waals surface area contributed by atoms with Gasteiger partial charge in [-0.2, -0.15) is 5.10 Å². The summed E-state index contributed by atoms with van der Waals surface area (Å²) in [6.07, 6.45) is -1.47. The van der Waals surface area contributed by atoms with E-state index in [1.165, 1.54) is 16.9 Å². The summed E-state index contributed by atoms with van der Waals surface area (Å²) in [4.78, 5) is 0. The van der Waals surface area contributed by atoms with Gasteiger partial charge in [-0.1, -0.05) is 0 Å². The Balaban J connectivity index is 2.10. The number of sulfonamides is 1. The maximum absolute atomic E-state index is 12.0. The molecule has 1 saturated heterocycles. The molecule has 2 heterocycles. The lowest BCUT2D eigenvalue weighted by molar-refractivity contribution is 0.174. The van der Waals surface area contributed by atoms with Gasteiger partial charge in [0, 0.05) is 19.2 Å². The van der Waals surface area contributed by atoms with Crippen LogP contribution in [0, 0.1) is 0 Å². The third-order valence-electron chi connectivity index (χ3n) is 2.38. The molecule has 2 N–H and O–H groups in total. The van der Waals surface area contributed by atoms with Crippen LogP contribution in [0.25, 0.3) is 0 Å². The second-order valence-corrected chi connectivity index (χ2v) is 5.51. The van der Waals surface area contributed by atoms with Crippen LogP contribution in [-0.4, -0.2) is 43.5 Å². The number of nitrogens with one attached hydrogen (secondary N) is 2. The van der Waals surface area contributed by atoms with Gasteiger partial charge in [-0.3, -0.25) is 4.72 Å². The van der Waals surface area contributed by atoms with Crippen LogP contribution in [0.15, 0.2) is 12.3 Å². The van der Waals surface area contributed by atoms with Crippen LogP contribution in [0.5, 0.6) is 0 Å². The van der Waals surface area contributed by atoms with Gasteiger partial charge in [0.05, 0.1) is 12.2 Å². The molecule has 1 aliphatic rings. The number of hydrogen-bond donors (Lipinski definition) is 2. The van der Waals surface area contributed by atoms with Crippen LogP contribution >= 0.6 is 0 Å². The fourth-order valence-electron chi connectivity index (χ4n) is 1.50. The first-order valence-electron chi connectivity index (χ1n) is 5.01. The predicted molar refractivity (Wildman–Crippen MR) is 57.5 cm³/mol.